The minimum absolute atomic E-state index is 0.0737. The summed E-state index contributed by atoms with van der Waals surface area (Å²) in [6.45, 7) is 8.74. The molecule has 5 nitrogen and oxygen atoms in total. The van der Waals surface area contributed by atoms with Crippen LogP contribution in [0, 0.1) is 0 Å². The molecular formula is C19H30N2O3S. The molecule has 1 unspecified atom stereocenters. The molecule has 0 bridgehead atoms. The van der Waals surface area contributed by atoms with Crippen LogP contribution in [0.1, 0.15) is 57.1 Å². The van der Waals surface area contributed by atoms with E-state index in [1.807, 2.05) is 0 Å². The van der Waals surface area contributed by atoms with Gasteiger partial charge in [0.05, 0.1) is 18.1 Å². The normalized spacial score (nSPS) is 19.4. The summed E-state index contributed by atoms with van der Waals surface area (Å²) < 4.78 is 23.3. The molecule has 1 aromatic carbocycles. The molecule has 1 aromatic rings. The first kappa shape index (κ1) is 19.8. The topological polar surface area (TPSA) is 66.5 Å². The number of benzene rings is 1. The van der Waals surface area contributed by atoms with Crippen LogP contribution in [0.2, 0.25) is 0 Å². The molecule has 1 atom stereocenters. The second-order valence-electron chi connectivity index (χ2n) is 7.54. The maximum atomic E-state index is 12.5. The monoisotopic (exact) mass is 366 g/mol. The molecule has 2 rings (SSSR count). The highest BCUT2D eigenvalue weighted by molar-refractivity contribution is 7.91. The molecule has 0 radical (unpaired) electrons. The van der Waals surface area contributed by atoms with Crippen LogP contribution in [0.3, 0.4) is 0 Å². The van der Waals surface area contributed by atoms with Crippen LogP contribution in [0.25, 0.3) is 0 Å². The molecule has 140 valence electrons. The molecule has 1 heterocycles. The molecule has 1 aliphatic heterocycles. The van der Waals surface area contributed by atoms with Crippen molar-refractivity contribution in [2.75, 3.05) is 30.4 Å². The average molecular weight is 367 g/mol. The van der Waals surface area contributed by atoms with Crippen LogP contribution in [-0.4, -0.2) is 50.4 Å². The number of carbonyl (C=O) groups excluding carboxylic acids is 1. The van der Waals surface area contributed by atoms with Gasteiger partial charge in [-0.15, -0.1) is 0 Å². The first-order chi connectivity index (χ1) is 11.6. The number of nitrogens with zero attached hydrogens (tertiary/aromatic N) is 1. The Hall–Kier alpha value is -1.56. The lowest BCUT2D eigenvalue weighted by Crippen LogP contribution is -2.41. The number of para-hydroxylation sites is 1. The summed E-state index contributed by atoms with van der Waals surface area (Å²) in [6.07, 6.45) is 0.532. The SMILES string of the molecule is CC(C)c1cccc(C(C)C)c1NCC(=O)N(C)C1CCS(=O)(=O)C1. The molecule has 1 aliphatic rings. The number of likely N-dealkylation sites (N-methyl/N-ethyl adjacent to an activating group) is 1. The highest BCUT2D eigenvalue weighted by atomic mass is 32.2. The molecule has 1 fully saturated rings. The Kier molecular flexibility index (Phi) is 6.14. The van der Waals surface area contributed by atoms with E-state index in [1.165, 1.54) is 11.1 Å². The Balaban J connectivity index is 2.11. The van der Waals surface area contributed by atoms with Crippen molar-refractivity contribution in [2.45, 2.75) is 52.0 Å². The molecule has 6 heteroatoms. The zero-order valence-electron chi connectivity index (χ0n) is 15.9. The van der Waals surface area contributed by atoms with Gasteiger partial charge in [0.2, 0.25) is 5.91 Å². The van der Waals surface area contributed by atoms with Crippen molar-refractivity contribution in [1.29, 1.82) is 0 Å². The summed E-state index contributed by atoms with van der Waals surface area (Å²) >= 11 is 0. The molecule has 25 heavy (non-hydrogen) atoms. The minimum atomic E-state index is -2.99. The predicted molar refractivity (Wildman–Crippen MR) is 103 cm³/mol. The standard InChI is InChI=1S/C19H30N2O3S/c1-13(2)16-7-6-8-17(14(3)4)19(16)20-11-18(22)21(5)15-9-10-25(23,24)12-15/h6-8,13-15,20H,9-12H2,1-5H3. The fourth-order valence-corrected chi connectivity index (χ4v) is 5.10. The third kappa shape index (κ3) is 4.75. The Morgan fingerprint density at radius 3 is 2.20 bits per heavy atom. The number of hydrogen-bond acceptors (Lipinski definition) is 4. The van der Waals surface area contributed by atoms with Crippen LogP contribution < -0.4 is 5.32 Å². The van der Waals surface area contributed by atoms with E-state index in [4.69, 9.17) is 0 Å². The van der Waals surface area contributed by atoms with Crippen LogP contribution in [-0.2, 0) is 14.6 Å². The largest absolute Gasteiger partial charge is 0.376 e. The zero-order valence-corrected chi connectivity index (χ0v) is 16.7. The number of nitrogens with one attached hydrogen (secondary N) is 1. The van der Waals surface area contributed by atoms with Crippen molar-refractivity contribution in [1.82, 2.24) is 4.90 Å². The summed E-state index contributed by atoms with van der Waals surface area (Å²) in [4.78, 5) is 14.1. The van der Waals surface area contributed by atoms with E-state index in [9.17, 15) is 13.2 Å². The highest BCUT2D eigenvalue weighted by Crippen LogP contribution is 2.32. The molecule has 0 spiro atoms. The maximum Gasteiger partial charge on any atom is 0.241 e. The Morgan fingerprint density at radius 2 is 1.76 bits per heavy atom. The van der Waals surface area contributed by atoms with E-state index >= 15 is 0 Å². The summed E-state index contributed by atoms with van der Waals surface area (Å²) in [7, 11) is -1.29. The van der Waals surface area contributed by atoms with Crippen molar-refractivity contribution in [2.24, 2.45) is 0 Å². The molecule has 1 amide bonds. The van der Waals surface area contributed by atoms with Crippen LogP contribution >= 0.6 is 0 Å². The zero-order chi connectivity index (χ0) is 18.8. The van der Waals surface area contributed by atoms with E-state index in [-0.39, 0.29) is 30.0 Å². The fraction of sp³-hybridized carbons (Fsp3) is 0.632. The van der Waals surface area contributed by atoms with Gasteiger partial charge in [0.25, 0.3) is 0 Å². The van der Waals surface area contributed by atoms with Gasteiger partial charge in [0.15, 0.2) is 9.84 Å². The van der Waals surface area contributed by atoms with Gasteiger partial charge in [-0.3, -0.25) is 4.79 Å². The Morgan fingerprint density at radius 1 is 1.20 bits per heavy atom. The van der Waals surface area contributed by atoms with E-state index in [0.717, 1.165) is 5.69 Å². The van der Waals surface area contributed by atoms with Gasteiger partial charge >= 0.3 is 0 Å². The van der Waals surface area contributed by atoms with Gasteiger partial charge in [0, 0.05) is 18.8 Å². The lowest BCUT2D eigenvalue weighted by molar-refractivity contribution is -0.129. The first-order valence-electron chi connectivity index (χ1n) is 8.95. The second-order valence-corrected chi connectivity index (χ2v) is 9.76. The van der Waals surface area contributed by atoms with E-state index < -0.39 is 9.84 Å². The Bertz CT molecular complexity index is 700. The second kappa shape index (κ2) is 7.77. The number of anilines is 1. The summed E-state index contributed by atoms with van der Waals surface area (Å²) in [5.74, 6) is 0.893. The van der Waals surface area contributed by atoms with Gasteiger partial charge < -0.3 is 10.2 Å². The van der Waals surface area contributed by atoms with Gasteiger partial charge in [0.1, 0.15) is 0 Å². The van der Waals surface area contributed by atoms with Gasteiger partial charge in [-0.05, 0) is 29.4 Å². The molecular weight excluding hydrogens is 336 g/mol. The van der Waals surface area contributed by atoms with Gasteiger partial charge in [-0.1, -0.05) is 45.9 Å². The minimum Gasteiger partial charge on any atom is -0.376 e. The van der Waals surface area contributed by atoms with E-state index in [0.29, 0.717) is 18.3 Å². The van der Waals surface area contributed by atoms with Crippen LogP contribution in [0.4, 0.5) is 5.69 Å². The number of amides is 1. The number of hydrogen-bond donors (Lipinski definition) is 1. The fourth-order valence-electron chi connectivity index (χ4n) is 3.33. The quantitative estimate of drug-likeness (QED) is 0.840. The summed E-state index contributed by atoms with van der Waals surface area (Å²) in [5, 5.41) is 3.33. The molecule has 1 N–H and O–H groups in total. The van der Waals surface area contributed by atoms with E-state index in [1.54, 1.807) is 11.9 Å². The summed E-state index contributed by atoms with van der Waals surface area (Å²) in [5.41, 5.74) is 3.43. The maximum absolute atomic E-state index is 12.5. The smallest absolute Gasteiger partial charge is 0.241 e. The predicted octanol–water partition coefficient (Wildman–Crippen LogP) is 2.99. The molecule has 0 saturated carbocycles. The lowest BCUT2D eigenvalue weighted by Gasteiger charge is -2.25. The average Bonchev–Trinajstić information content (AvgIpc) is 2.91. The molecule has 0 aliphatic carbocycles. The van der Waals surface area contributed by atoms with Crippen LogP contribution in [0.5, 0.6) is 0 Å². The number of rotatable bonds is 6. The van der Waals surface area contributed by atoms with E-state index in [2.05, 4.69) is 51.2 Å². The van der Waals surface area contributed by atoms with Crippen molar-refractivity contribution < 1.29 is 13.2 Å². The van der Waals surface area contributed by atoms with Gasteiger partial charge in [-0.25, -0.2) is 8.42 Å². The first-order valence-corrected chi connectivity index (χ1v) is 10.8. The number of carbonyl (C=O) groups is 1. The van der Waals surface area contributed by atoms with Crippen molar-refractivity contribution in [3.05, 3.63) is 29.3 Å². The lowest BCUT2D eigenvalue weighted by atomic mass is 9.92. The van der Waals surface area contributed by atoms with Crippen molar-refractivity contribution >= 4 is 21.4 Å². The number of sulfone groups is 1. The van der Waals surface area contributed by atoms with Gasteiger partial charge in [-0.2, -0.15) is 0 Å². The summed E-state index contributed by atoms with van der Waals surface area (Å²) in [6, 6.07) is 6.05. The third-order valence-electron chi connectivity index (χ3n) is 4.94. The van der Waals surface area contributed by atoms with Crippen molar-refractivity contribution in [3.8, 4) is 0 Å². The van der Waals surface area contributed by atoms with Crippen molar-refractivity contribution in [3.63, 3.8) is 0 Å². The Labute approximate surface area is 151 Å². The molecule has 0 aromatic heterocycles. The van der Waals surface area contributed by atoms with Crippen LogP contribution in [0.15, 0.2) is 18.2 Å². The third-order valence-corrected chi connectivity index (χ3v) is 6.69. The highest BCUT2D eigenvalue weighted by Gasteiger charge is 2.32. The molecule has 1 saturated heterocycles.